The minimum absolute atomic E-state index is 0.160. The van der Waals surface area contributed by atoms with Crippen molar-refractivity contribution in [1.82, 2.24) is 9.78 Å². The Kier molecular flexibility index (Phi) is 3.61. The van der Waals surface area contributed by atoms with Gasteiger partial charge in [0.2, 0.25) is 7.37 Å². The molecule has 2 aromatic rings. The summed E-state index contributed by atoms with van der Waals surface area (Å²) in [5, 5.41) is 2.95. The van der Waals surface area contributed by atoms with E-state index in [0.29, 0.717) is 5.69 Å². The summed E-state index contributed by atoms with van der Waals surface area (Å²) in [6.07, 6.45) is 1.43. The van der Waals surface area contributed by atoms with Crippen molar-refractivity contribution in [3.05, 3.63) is 45.3 Å². The standard InChI is InChI=1S/C11H12BrN2O3P/c1-17-18(2,16)10-7-13-14(11(10)15)9-5-3-8(12)4-6-9/h3-7,13H,1-2H3. The van der Waals surface area contributed by atoms with Gasteiger partial charge in [0.1, 0.15) is 5.30 Å². The Balaban J connectivity index is 2.53. The van der Waals surface area contributed by atoms with E-state index in [9.17, 15) is 9.36 Å². The van der Waals surface area contributed by atoms with Crippen molar-refractivity contribution in [3.63, 3.8) is 0 Å². The van der Waals surface area contributed by atoms with Gasteiger partial charge in [-0.1, -0.05) is 15.9 Å². The number of aromatic amines is 1. The van der Waals surface area contributed by atoms with E-state index in [2.05, 4.69) is 21.0 Å². The molecule has 18 heavy (non-hydrogen) atoms. The molecule has 0 aliphatic heterocycles. The van der Waals surface area contributed by atoms with Gasteiger partial charge in [-0.25, -0.2) is 4.68 Å². The van der Waals surface area contributed by atoms with E-state index in [1.165, 1.54) is 24.7 Å². The third-order valence-electron chi connectivity index (χ3n) is 2.62. The Labute approximate surface area is 112 Å². The molecule has 96 valence electrons. The van der Waals surface area contributed by atoms with Gasteiger partial charge < -0.3 is 4.52 Å². The van der Waals surface area contributed by atoms with Crippen LogP contribution in [0.5, 0.6) is 0 Å². The average molecular weight is 331 g/mol. The maximum Gasteiger partial charge on any atom is 0.284 e. The summed E-state index contributed by atoms with van der Waals surface area (Å²) in [5.41, 5.74) is 0.315. The highest BCUT2D eigenvalue weighted by Gasteiger charge is 2.24. The van der Waals surface area contributed by atoms with E-state index in [-0.39, 0.29) is 10.9 Å². The molecule has 0 radical (unpaired) electrons. The summed E-state index contributed by atoms with van der Waals surface area (Å²) in [6, 6.07) is 7.20. The van der Waals surface area contributed by atoms with Gasteiger partial charge in [0.25, 0.3) is 5.56 Å². The van der Waals surface area contributed by atoms with Crippen LogP contribution in [0.1, 0.15) is 0 Å². The second-order valence-electron chi connectivity index (χ2n) is 3.80. The zero-order chi connectivity index (χ0) is 13.3. The van der Waals surface area contributed by atoms with Crippen LogP contribution in [0.4, 0.5) is 0 Å². The summed E-state index contributed by atoms with van der Waals surface area (Å²) in [4.78, 5) is 12.1. The van der Waals surface area contributed by atoms with Gasteiger partial charge in [-0.2, -0.15) is 0 Å². The van der Waals surface area contributed by atoms with Gasteiger partial charge in [-0.15, -0.1) is 0 Å². The van der Waals surface area contributed by atoms with Crippen LogP contribution >= 0.6 is 23.3 Å². The molecule has 0 saturated carbocycles. The molecule has 5 nitrogen and oxygen atoms in total. The van der Waals surface area contributed by atoms with E-state index in [4.69, 9.17) is 4.52 Å². The number of rotatable bonds is 3. The second kappa shape index (κ2) is 4.88. The highest BCUT2D eigenvalue weighted by atomic mass is 79.9. The summed E-state index contributed by atoms with van der Waals surface area (Å²) in [5.74, 6) is 0. The van der Waals surface area contributed by atoms with Crippen LogP contribution in [0.3, 0.4) is 0 Å². The Morgan fingerprint density at radius 3 is 2.50 bits per heavy atom. The molecular formula is C11H12BrN2O3P. The molecule has 0 fully saturated rings. The Morgan fingerprint density at radius 1 is 1.33 bits per heavy atom. The van der Waals surface area contributed by atoms with Crippen molar-refractivity contribution < 1.29 is 9.09 Å². The Hall–Kier alpha value is -1.10. The number of benzene rings is 1. The topological polar surface area (TPSA) is 64.1 Å². The molecule has 0 saturated heterocycles. The molecular weight excluding hydrogens is 319 g/mol. The van der Waals surface area contributed by atoms with E-state index in [1.54, 1.807) is 12.1 Å². The van der Waals surface area contributed by atoms with Crippen molar-refractivity contribution >= 4 is 28.6 Å². The minimum atomic E-state index is -3.05. The van der Waals surface area contributed by atoms with Crippen molar-refractivity contribution in [2.45, 2.75) is 0 Å². The first-order chi connectivity index (χ1) is 8.45. The lowest BCUT2D eigenvalue weighted by Crippen LogP contribution is -2.27. The molecule has 0 amide bonds. The molecule has 1 aromatic heterocycles. The van der Waals surface area contributed by atoms with Crippen LogP contribution in [0.25, 0.3) is 5.69 Å². The van der Waals surface area contributed by atoms with Crippen molar-refractivity contribution in [1.29, 1.82) is 0 Å². The second-order valence-corrected chi connectivity index (χ2v) is 7.26. The van der Waals surface area contributed by atoms with Crippen molar-refractivity contribution in [2.24, 2.45) is 0 Å². The summed E-state index contributed by atoms with van der Waals surface area (Å²) >= 11 is 3.32. The molecule has 1 aromatic carbocycles. The van der Waals surface area contributed by atoms with Crippen molar-refractivity contribution in [3.8, 4) is 5.69 Å². The largest absolute Gasteiger partial charge is 0.329 e. The minimum Gasteiger partial charge on any atom is -0.329 e. The summed E-state index contributed by atoms with van der Waals surface area (Å²) < 4.78 is 19.2. The first kappa shape index (κ1) is 13.3. The third kappa shape index (κ3) is 2.36. The van der Waals surface area contributed by atoms with Gasteiger partial charge in [0.15, 0.2) is 0 Å². The van der Waals surface area contributed by atoms with Crippen LogP contribution in [-0.2, 0) is 9.09 Å². The number of nitrogens with one attached hydrogen (secondary N) is 1. The predicted octanol–water partition coefficient (Wildman–Crippen LogP) is 2.11. The normalized spacial score (nSPS) is 14.4. The van der Waals surface area contributed by atoms with E-state index in [0.717, 1.165) is 4.47 Å². The Morgan fingerprint density at radius 2 is 1.94 bits per heavy atom. The van der Waals surface area contributed by atoms with Gasteiger partial charge in [-0.3, -0.25) is 14.5 Å². The number of H-pyrrole nitrogens is 1. The third-order valence-corrected chi connectivity index (χ3v) is 5.04. The molecule has 0 spiro atoms. The number of halogens is 1. The predicted molar refractivity (Wildman–Crippen MR) is 74.3 cm³/mol. The number of nitrogens with zero attached hydrogens (tertiary/aromatic N) is 1. The molecule has 0 aliphatic rings. The quantitative estimate of drug-likeness (QED) is 0.876. The fraction of sp³-hybridized carbons (Fsp3) is 0.182. The Bertz CT molecular complexity index is 660. The average Bonchev–Trinajstić information content (AvgIpc) is 2.73. The highest BCUT2D eigenvalue weighted by Crippen LogP contribution is 2.38. The zero-order valence-electron chi connectivity index (χ0n) is 9.88. The molecule has 0 bridgehead atoms. The van der Waals surface area contributed by atoms with E-state index >= 15 is 0 Å². The fourth-order valence-electron chi connectivity index (χ4n) is 1.53. The van der Waals surface area contributed by atoms with E-state index in [1.807, 2.05) is 12.1 Å². The van der Waals surface area contributed by atoms with Crippen LogP contribution in [-0.4, -0.2) is 23.6 Å². The molecule has 1 atom stereocenters. The lowest BCUT2D eigenvalue weighted by molar-refractivity contribution is 0.408. The SMILES string of the molecule is COP(C)(=O)c1c[nH]n(-c2ccc(Br)cc2)c1=O. The van der Waals surface area contributed by atoms with Gasteiger partial charge in [0, 0.05) is 24.4 Å². The number of hydrogen-bond acceptors (Lipinski definition) is 3. The first-order valence-electron chi connectivity index (χ1n) is 5.16. The number of aromatic nitrogens is 2. The lowest BCUT2D eigenvalue weighted by atomic mass is 10.3. The molecule has 1 heterocycles. The van der Waals surface area contributed by atoms with E-state index < -0.39 is 7.37 Å². The molecule has 7 heteroatoms. The smallest absolute Gasteiger partial charge is 0.284 e. The molecule has 2 rings (SSSR count). The molecule has 1 N–H and O–H groups in total. The molecule has 1 unspecified atom stereocenters. The van der Waals surface area contributed by atoms with Crippen LogP contribution in [0.15, 0.2) is 39.7 Å². The first-order valence-corrected chi connectivity index (χ1v) is 8.02. The maximum absolute atomic E-state index is 12.1. The molecule has 0 aliphatic carbocycles. The summed E-state index contributed by atoms with van der Waals surface area (Å²) in [6.45, 7) is 1.42. The van der Waals surface area contributed by atoms with Crippen LogP contribution in [0, 0.1) is 0 Å². The zero-order valence-corrected chi connectivity index (χ0v) is 12.4. The maximum atomic E-state index is 12.1. The summed E-state index contributed by atoms with van der Waals surface area (Å²) in [7, 11) is -1.72. The fourth-order valence-corrected chi connectivity index (χ4v) is 2.73. The van der Waals surface area contributed by atoms with Gasteiger partial charge in [0.05, 0.1) is 5.69 Å². The van der Waals surface area contributed by atoms with Crippen molar-refractivity contribution in [2.75, 3.05) is 13.8 Å². The lowest BCUT2D eigenvalue weighted by Gasteiger charge is -2.06. The van der Waals surface area contributed by atoms with Crippen LogP contribution < -0.4 is 10.9 Å². The highest BCUT2D eigenvalue weighted by molar-refractivity contribution is 9.10. The van der Waals surface area contributed by atoms with Crippen LogP contribution in [0.2, 0.25) is 0 Å². The monoisotopic (exact) mass is 330 g/mol. The number of hydrogen-bond donors (Lipinski definition) is 1. The van der Waals surface area contributed by atoms with Gasteiger partial charge in [-0.05, 0) is 24.3 Å². The van der Waals surface area contributed by atoms with Gasteiger partial charge >= 0.3 is 0 Å².